The number of nitrogens with one attached hydrogen (secondary N) is 1. The molecule has 0 atom stereocenters. The van der Waals surface area contributed by atoms with Crippen molar-refractivity contribution >= 4 is 28.5 Å². The van der Waals surface area contributed by atoms with Crippen molar-refractivity contribution in [3.8, 4) is 11.4 Å². The minimum atomic E-state index is -0.604. The van der Waals surface area contributed by atoms with Crippen LogP contribution in [-0.2, 0) is 13.6 Å². The summed E-state index contributed by atoms with van der Waals surface area (Å²) in [4.78, 5) is 27.7. The Hall–Kier alpha value is -3.72. The highest BCUT2D eigenvalue weighted by Gasteiger charge is 2.25. The van der Waals surface area contributed by atoms with E-state index in [-0.39, 0.29) is 27.6 Å². The molecule has 0 spiro atoms. The molecule has 2 aromatic carbocycles. The van der Waals surface area contributed by atoms with Gasteiger partial charge < -0.3 is 0 Å². The van der Waals surface area contributed by atoms with Crippen LogP contribution >= 0.6 is 11.6 Å². The average Bonchev–Trinajstić information content (AvgIpc) is 3.28. The molecule has 0 fully saturated rings. The molecule has 0 amide bonds. The summed E-state index contributed by atoms with van der Waals surface area (Å²) in [7, 11) is 1.52. The third kappa shape index (κ3) is 2.89. The van der Waals surface area contributed by atoms with Crippen LogP contribution in [-0.4, -0.2) is 28.7 Å². The maximum absolute atomic E-state index is 14.7. The summed E-state index contributed by atoms with van der Waals surface area (Å²) in [5.74, 6) is -0.188. The zero-order chi connectivity index (χ0) is 22.7. The fraction of sp³-hybridized carbons (Fsp3) is 0.182. The molecule has 8 nitrogen and oxygen atoms in total. The summed E-state index contributed by atoms with van der Waals surface area (Å²) in [5, 5.41) is 8.58. The van der Waals surface area contributed by atoms with Gasteiger partial charge in [0.05, 0.1) is 17.1 Å². The summed E-state index contributed by atoms with van der Waals surface area (Å²) >= 11 is 6.29. The van der Waals surface area contributed by atoms with E-state index in [1.54, 1.807) is 10.6 Å². The summed E-state index contributed by atoms with van der Waals surface area (Å²) in [6.07, 6.45) is 0. The Morgan fingerprint density at radius 3 is 2.66 bits per heavy atom. The lowest BCUT2D eigenvalue weighted by Gasteiger charge is -2.09. The quantitative estimate of drug-likeness (QED) is 0.455. The predicted octanol–water partition coefficient (Wildman–Crippen LogP) is 3.20. The van der Waals surface area contributed by atoms with Crippen LogP contribution in [0.3, 0.4) is 0 Å². The maximum atomic E-state index is 14.7. The molecular weight excluding hydrogens is 435 g/mol. The van der Waals surface area contributed by atoms with Gasteiger partial charge in [-0.15, -0.1) is 10.2 Å². The van der Waals surface area contributed by atoms with E-state index < -0.39 is 17.1 Å². The van der Waals surface area contributed by atoms with Gasteiger partial charge in [0.1, 0.15) is 5.82 Å². The van der Waals surface area contributed by atoms with Crippen molar-refractivity contribution < 1.29 is 4.39 Å². The summed E-state index contributed by atoms with van der Waals surface area (Å²) < 4.78 is 19.2. The molecule has 0 bridgehead atoms. The Morgan fingerprint density at radius 1 is 1.12 bits per heavy atom. The van der Waals surface area contributed by atoms with Crippen LogP contribution in [0.2, 0.25) is 5.02 Å². The van der Waals surface area contributed by atoms with Gasteiger partial charge in [-0.3, -0.25) is 18.9 Å². The van der Waals surface area contributed by atoms with Gasteiger partial charge in [-0.1, -0.05) is 41.4 Å². The van der Waals surface area contributed by atoms with Crippen LogP contribution in [0, 0.1) is 19.7 Å². The van der Waals surface area contributed by atoms with Gasteiger partial charge >= 0.3 is 5.69 Å². The van der Waals surface area contributed by atoms with Crippen LogP contribution < -0.4 is 11.2 Å². The van der Waals surface area contributed by atoms with E-state index in [1.807, 2.05) is 32.0 Å². The number of hydrogen-bond donors (Lipinski definition) is 1. The first-order valence-electron chi connectivity index (χ1n) is 9.85. The van der Waals surface area contributed by atoms with Gasteiger partial charge in [0.25, 0.3) is 5.56 Å². The normalized spacial score (nSPS) is 11.7. The summed E-state index contributed by atoms with van der Waals surface area (Å²) in [6, 6.07) is 10.3. The van der Waals surface area contributed by atoms with Crippen molar-refractivity contribution in [2.75, 3.05) is 0 Å². The standard InChI is InChI=1S/C22H18ClFN6O2/c1-11-7-8-12(2)13(9-11)10-29-17-19(31)25-22(32)28(3)20(17)30-18(26-27-21(29)30)16-14(23)5-4-6-15(16)24/h4-9H,10H2,1-3H3,(H,25,31,32). The van der Waals surface area contributed by atoms with Gasteiger partial charge in [0.15, 0.2) is 17.0 Å². The van der Waals surface area contributed by atoms with E-state index in [9.17, 15) is 14.0 Å². The molecule has 5 rings (SSSR count). The molecule has 0 saturated heterocycles. The molecule has 0 radical (unpaired) electrons. The molecule has 0 unspecified atom stereocenters. The number of benzene rings is 2. The van der Waals surface area contributed by atoms with Crippen LogP contribution in [0.15, 0.2) is 46.0 Å². The average molecular weight is 453 g/mol. The predicted molar refractivity (Wildman–Crippen MR) is 120 cm³/mol. The van der Waals surface area contributed by atoms with E-state index in [1.165, 1.54) is 28.1 Å². The molecule has 5 aromatic rings. The van der Waals surface area contributed by atoms with E-state index >= 15 is 0 Å². The van der Waals surface area contributed by atoms with Crippen molar-refractivity contribution in [1.29, 1.82) is 0 Å². The minimum absolute atomic E-state index is 0.0418. The second-order valence-corrected chi connectivity index (χ2v) is 8.17. The minimum Gasteiger partial charge on any atom is -0.298 e. The SMILES string of the molecule is Cc1ccc(C)c(Cn2c3c(=O)[nH]c(=O)n(C)c3n3c(-c4c(F)cccc4Cl)nnc23)c1. The first-order chi connectivity index (χ1) is 15.3. The van der Waals surface area contributed by atoms with Crippen LogP contribution in [0.1, 0.15) is 16.7 Å². The molecule has 1 N–H and O–H groups in total. The number of rotatable bonds is 3. The highest BCUT2D eigenvalue weighted by Crippen LogP contribution is 2.32. The van der Waals surface area contributed by atoms with Gasteiger partial charge in [-0.25, -0.2) is 13.6 Å². The lowest BCUT2D eigenvalue weighted by atomic mass is 10.1. The van der Waals surface area contributed by atoms with Gasteiger partial charge in [-0.05, 0) is 37.1 Å². The van der Waals surface area contributed by atoms with Crippen molar-refractivity contribution in [3.05, 3.63) is 84.8 Å². The lowest BCUT2D eigenvalue weighted by molar-refractivity contribution is 0.630. The topological polar surface area (TPSA) is 90.0 Å². The Bertz CT molecular complexity index is 1640. The van der Waals surface area contributed by atoms with Crippen molar-refractivity contribution in [2.45, 2.75) is 20.4 Å². The zero-order valence-corrected chi connectivity index (χ0v) is 18.2. The molecule has 32 heavy (non-hydrogen) atoms. The maximum Gasteiger partial charge on any atom is 0.329 e. The largest absolute Gasteiger partial charge is 0.329 e. The molecule has 162 valence electrons. The molecule has 0 aliphatic carbocycles. The van der Waals surface area contributed by atoms with E-state index in [2.05, 4.69) is 15.2 Å². The van der Waals surface area contributed by atoms with E-state index in [4.69, 9.17) is 11.6 Å². The Labute approximate surface area is 185 Å². The fourth-order valence-corrected chi connectivity index (χ4v) is 4.25. The first-order valence-corrected chi connectivity index (χ1v) is 10.2. The number of aromatic amines is 1. The molecule has 3 aromatic heterocycles. The molecule has 3 heterocycles. The smallest absolute Gasteiger partial charge is 0.298 e. The van der Waals surface area contributed by atoms with Crippen molar-refractivity contribution in [3.63, 3.8) is 0 Å². The Balaban J connectivity index is 1.93. The molecule has 0 aliphatic rings. The lowest BCUT2D eigenvalue weighted by Crippen LogP contribution is -2.29. The monoisotopic (exact) mass is 452 g/mol. The number of nitrogens with zero attached hydrogens (tertiary/aromatic N) is 5. The first kappa shape index (κ1) is 20.2. The van der Waals surface area contributed by atoms with Crippen LogP contribution in [0.4, 0.5) is 4.39 Å². The van der Waals surface area contributed by atoms with Crippen LogP contribution in [0.25, 0.3) is 28.3 Å². The zero-order valence-electron chi connectivity index (χ0n) is 17.5. The van der Waals surface area contributed by atoms with Crippen molar-refractivity contribution in [1.82, 2.24) is 28.7 Å². The van der Waals surface area contributed by atoms with Gasteiger partial charge in [0, 0.05) is 7.05 Å². The number of hydrogen-bond acceptors (Lipinski definition) is 4. The third-order valence-electron chi connectivity index (χ3n) is 5.66. The second-order valence-electron chi connectivity index (χ2n) is 7.76. The number of halogens is 2. The molecule has 10 heteroatoms. The third-order valence-corrected chi connectivity index (χ3v) is 5.97. The Morgan fingerprint density at radius 2 is 1.91 bits per heavy atom. The second kappa shape index (κ2) is 7.16. The fourth-order valence-electron chi connectivity index (χ4n) is 4.01. The molecular formula is C22H18ClFN6O2. The highest BCUT2D eigenvalue weighted by molar-refractivity contribution is 6.33. The van der Waals surface area contributed by atoms with Crippen LogP contribution in [0.5, 0.6) is 0 Å². The molecule has 0 aliphatic heterocycles. The number of imidazole rings is 1. The van der Waals surface area contributed by atoms with E-state index in [0.29, 0.717) is 12.3 Å². The number of aromatic nitrogens is 6. The van der Waals surface area contributed by atoms with E-state index in [0.717, 1.165) is 16.7 Å². The molecule has 0 saturated carbocycles. The summed E-state index contributed by atoms with van der Waals surface area (Å²) in [5.41, 5.74) is 2.43. The Kier molecular flexibility index (Phi) is 4.52. The summed E-state index contributed by atoms with van der Waals surface area (Å²) in [6.45, 7) is 4.27. The van der Waals surface area contributed by atoms with Gasteiger partial charge in [0.2, 0.25) is 5.78 Å². The number of H-pyrrole nitrogens is 1. The highest BCUT2D eigenvalue weighted by atomic mass is 35.5. The van der Waals surface area contributed by atoms with Gasteiger partial charge in [-0.2, -0.15) is 0 Å². The number of fused-ring (bicyclic) bond motifs is 3. The number of aryl methyl sites for hydroxylation is 3. The van der Waals surface area contributed by atoms with Crippen molar-refractivity contribution in [2.24, 2.45) is 7.05 Å².